The van der Waals surface area contributed by atoms with Gasteiger partial charge in [-0.25, -0.2) is 0 Å². The molecular weight excluding hydrogens is 382 g/mol. The van der Waals surface area contributed by atoms with E-state index in [2.05, 4.69) is 10.4 Å². The summed E-state index contributed by atoms with van der Waals surface area (Å²) in [4.78, 5) is 24.9. The fourth-order valence-corrected chi connectivity index (χ4v) is 3.38. The van der Waals surface area contributed by atoms with Crippen LogP contribution in [0.4, 0.5) is 5.69 Å². The number of hydrogen-bond acceptors (Lipinski definition) is 5. The summed E-state index contributed by atoms with van der Waals surface area (Å²) in [5.74, 6) is -0.402. The van der Waals surface area contributed by atoms with Crippen LogP contribution in [0.15, 0.2) is 42.5 Å². The molecule has 1 heterocycles. The molecule has 0 aliphatic carbocycles. The van der Waals surface area contributed by atoms with Crippen LogP contribution in [0.25, 0.3) is 10.9 Å². The van der Waals surface area contributed by atoms with E-state index in [4.69, 9.17) is 16.2 Å². The number of aromatic nitrogens is 2. The molecule has 3 aromatic rings. The molecule has 1 aromatic heterocycles. The van der Waals surface area contributed by atoms with Crippen molar-refractivity contribution in [2.24, 2.45) is 11.1 Å². The van der Waals surface area contributed by atoms with Crippen molar-refractivity contribution in [1.29, 1.82) is 0 Å². The molecule has 2 amide bonds. The quantitative estimate of drug-likeness (QED) is 0.539. The first-order valence-electron chi connectivity index (χ1n) is 9.60. The fourth-order valence-electron chi connectivity index (χ4n) is 3.38. The second-order valence-electron chi connectivity index (χ2n) is 8.27. The number of fused-ring (bicyclic) bond motifs is 1. The predicted molar refractivity (Wildman–Crippen MR) is 116 cm³/mol. The van der Waals surface area contributed by atoms with Crippen LogP contribution in [0.1, 0.15) is 36.8 Å². The lowest BCUT2D eigenvalue weighted by Crippen LogP contribution is -2.52. The zero-order chi connectivity index (χ0) is 22.1. The van der Waals surface area contributed by atoms with Crippen molar-refractivity contribution in [2.75, 3.05) is 12.8 Å². The number of benzene rings is 2. The van der Waals surface area contributed by atoms with Gasteiger partial charge in [0.25, 0.3) is 5.91 Å². The van der Waals surface area contributed by atoms with Gasteiger partial charge in [-0.1, -0.05) is 45.0 Å². The lowest BCUT2D eigenvalue weighted by molar-refractivity contribution is -0.122. The van der Waals surface area contributed by atoms with Crippen molar-refractivity contribution in [2.45, 2.75) is 33.4 Å². The van der Waals surface area contributed by atoms with Crippen LogP contribution in [-0.4, -0.2) is 34.7 Å². The molecule has 2 aromatic carbocycles. The van der Waals surface area contributed by atoms with Crippen LogP contribution in [0, 0.1) is 5.41 Å². The number of anilines is 1. The van der Waals surface area contributed by atoms with Crippen molar-refractivity contribution in [1.82, 2.24) is 15.1 Å². The Labute approximate surface area is 175 Å². The molecule has 8 nitrogen and oxygen atoms in total. The summed E-state index contributed by atoms with van der Waals surface area (Å²) in [5, 5.41) is 7.97. The number of nitrogens with zero attached hydrogens (tertiary/aromatic N) is 2. The van der Waals surface area contributed by atoms with E-state index in [0.29, 0.717) is 23.4 Å². The third-order valence-electron chi connectivity index (χ3n) is 4.93. The lowest BCUT2D eigenvalue weighted by atomic mass is 9.86. The maximum Gasteiger partial charge on any atom is 0.273 e. The summed E-state index contributed by atoms with van der Waals surface area (Å²) >= 11 is 0. The summed E-state index contributed by atoms with van der Waals surface area (Å²) in [7, 11) is 1.58. The summed E-state index contributed by atoms with van der Waals surface area (Å²) in [6.07, 6.45) is 0. The Morgan fingerprint density at radius 3 is 2.53 bits per heavy atom. The van der Waals surface area contributed by atoms with Crippen molar-refractivity contribution >= 4 is 28.4 Å². The number of nitrogens with two attached hydrogens (primary N) is 2. The molecule has 1 atom stereocenters. The molecule has 0 fully saturated rings. The first-order chi connectivity index (χ1) is 14.1. The smallest absolute Gasteiger partial charge is 0.273 e. The second-order valence-corrected chi connectivity index (χ2v) is 8.27. The number of hydrogen-bond donors (Lipinski definition) is 3. The number of carbonyl (C=O) groups is 2. The van der Waals surface area contributed by atoms with Crippen LogP contribution in [0.5, 0.6) is 5.75 Å². The van der Waals surface area contributed by atoms with Gasteiger partial charge in [0, 0.05) is 22.7 Å². The highest BCUT2D eigenvalue weighted by Crippen LogP contribution is 2.26. The fraction of sp³-hybridized carbons (Fsp3) is 0.318. The minimum atomic E-state index is -0.828. The van der Waals surface area contributed by atoms with Crippen molar-refractivity contribution in [3.05, 3.63) is 53.7 Å². The van der Waals surface area contributed by atoms with Crippen LogP contribution in [0.2, 0.25) is 0 Å². The Bertz CT molecular complexity index is 1100. The molecule has 1 unspecified atom stereocenters. The molecular formula is C22H27N5O3. The van der Waals surface area contributed by atoms with E-state index in [9.17, 15) is 9.59 Å². The summed E-state index contributed by atoms with van der Waals surface area (Å²) < 4.78 is 7.16. The Hall–Kier alpha value is -3.55. The van der Waals surface area contributed by atoms with Gasteiger partial charge in [-0.2, -0.15) is 5.10 Å². The molecule has 0 aliphatic rings. The summed E-state index contributed by atoms with van der Waals surface area (Å²) in [6.45, 7) is 5.90. The Morgan fingerprint density at radius 2 is 1.90 bits per heavy atom. The largest absolute Gasteiger partial charge is 0.496 e. The van der Waals surface area contributed by atoms with E-state index < -0.39 is 23.3 Å². The molecule has 5 N–H and O–H groups in total. The maximum atomic E-state index is 13.0. The molecule has 0 saturated heterocycles. The predicted octanol–water partition coefficient (Wildman–Crippen LogP) is 2.31. The van der Waals surface area contributed by atoms with Gasteiger partial charge in [0.15, 0.2) is 5.69 Å². The van der Waals surface area contributed by atoms with E-state index in [0.717, 1.165) is 11.1 Å². The third-order valence-corrected chi connectivity index (χ3v) is 4.93. The summed E-state index contributed by atoms with van der Waals surface area (Å²) in [5.41, 5.74) is 13.3. The molecule has 30 heavy (non-hydrogen) atoms. The molecule has 0 radical (unpaired) electrons. The number of primary amides is 1. The molecule has 3 rings (SSSR count). The zero-order valence-electron chi connectivity index (χ0n) is 17.6. The highest BCUT2D eigenvalue weighted by Gasteiger charge is 2.32. The van der Waals surface area contributed by atoms with Gasteiger partial charge in [-0.15, -0.1) is 0 Å². The normalized spacial score (nSPS) is 12.5. The Morgan fingerprint density at radius 1 is 1.20 bits per heavy atom. The second kappa shape index (κ2) is 8.06. The third kappa shape index (κ3) is 4.22. The van der Waals surface area contributed by atoms with Crippen LogP contribution >= 0.6 is 0 Å². The first-order valence-corrected chi connectivity index (χ1v) is 9.60. The van der Waals surface area contributed by atoms with Crippen LogP contribution < -0.4 is 21.5 Å². The topological polar surface area (TPSA) is 125 Å². The van der Waals surface area contributed by atoms with Crippen molar-refractivity contribution in [3.63, 3.8) is 0 Å². The number of methoxy groups -OCH3 is 1. The Kier molecular flexibility index (Phi) is 5.69. The van der Waals surface area contributed by atoms with Crippen LogP contribution in [0.3, 0.4) is 0 Å². The standard InChI is InChI=1S/C22H27N5O3/c1-22(2,3)19(20(24)28)25-21(29)18-15-7-5-6-8-16(15)27(26-18)12-13-9-10-14(23)11-17(13)30-4/h5-11,19H,12,23H2,1-4H3,(H2,24,28)(H,25,29). The molecule has 8 heteroatoms. The van der Waals surface area contributed by atoms with Gasteiger partial charge in [0.05, 0.1) is 19.2 Å². The number of amides is 2. The molecule has 0 spiro atoms. The number of carbonyl (C=O) groups excluding carboxylic acids is 2. The zero-order valence-corrected chi connectivity index (χ0v) is 17.6. The lowest BCUT2D eigenvalue weighted by Gasteiger charge is -2.28. The molecule has 0 bridgehead atoms. The van der Waals surface area contributed by atoms with Gasteiger partial charge in [-0.3, -0.25) is 14.3 Å². The number of para-hydroxylation sites is 1. The minimum absolute atomic E-state index is 0.232. The van der Waals surface area contributed by atoms with Gasteiger partial charge in [-0.05, 0) is 17.5 Å². The molecule has 0 saturated carbocycles. The van der Waals surface area contributed by atoms with Crippen LogP contribution in [-0.2, 0) is 11.3 Å². The number of ether oxygens (including phenoxy) is 1. The number of nitrogen functional groups attached to an aromatic ring is 1. The van der Waals surface area contributed by atoms with Gasteiger partial charge in [0.2, 0.25) is 5.91 Å². The average Bonchev–Trinajstić information content (AvgIpc) is 3.05. The highest BCUT2D eigenvalue weighted by molar-refractivity contribution is 6.06. The van der Waals surface area contributed by atoms with Crippen molar-refractivity contribution in [3.8, 4) is 5.75 Å². The van der Waals surface area contributed by atoms with E-state index in [1.165, 1.54) is 0 Å². The van der Waals surface area contributed by atoms with E-state index >= 15 is 0 Å². The van der Waals surface area contributed by atoms with Gasteiger partial charge >= 0.3 is 0 Å². The number of rotatable bonds is 6. The SMILES string of the molecule is COc1cc(N)ccc1Cn1nc(C(=O)NC(C(N)=O)C(C)(C)C)c2ccccc21. The van der Waals surface area contributed by atoms with E-state index in [-0.39, 0.29) is 5.69 Å². The van der Waals surface area contributed by atoms with Gasteiger partial charge < -0.3 is 21.5 Å². The van der Waals surface area contributed by atoms with Gasteiger partial charge in [0.1, 0.15) is 11.8 Å². The van der Waals surface area contributed by atoms with E-state index in [1.807, 2.05) is 51.1 Å². The maximum absolute atomic E-state index is 13.0. The highest BCUT2D eigenvalue weighted by atomic mass is 16.5. The summed E-state index contributed by atoms with van der Waals surface area (Å²) in [6, 6.07) is 12.0. The van der Waals surface area contributed by atoms with E-state index in [1.54, 1.807) is 23.9 Å². The Balaban J connectivity index is 2.00. The number of nitrogens with one attached hydrogen (secondary N) is 1. The average molecular weight is 409 g/mol. The minimum Gasteiger partial charge on any atom is -0.496 e. The monoisotopic (exact) mass is 409 g/mol. The van der Waals surface area contributed by atoms with Crippen molar-refractivity contribution < 1.29 is 14.3 Å². The molecule has 0 aliphatic heterocycles. The molecule has 158 valence electrons. The first kappa shape index (κ1) is 21.2.